The minimum atomic E-state index is 0.804. The summed E-state index contributed by atoms with van der Waals surface area (Å²) in [6.07, 6.45) is 3.06. The predicted molar refractivity (Wildman–Crippen MR) is 57.3 cm³/mol. The fraction of sp³-hybridized carbons (Fsp3) is 0.400. The van der Waals surface area contributed by atoms with Crippen molar-refractivity contribution in [2.45, 2.75) is 13.8 Å². The van der Waals surface area contributed by atoms with Crippen molar-refractivity contribution in [2.75, 3.05) is 18.5 Å². The van der Waals surface area contributed by atoms with Crippen molar-refractivity contribution in [3.05, 3.63) is 23.4 Å². The molecule has 14 heavy (non-hydrogen) atoms. The van der Waals surface area contributed by atoms with Crippen LogP contribution in [0.25, 0.3) is 0 Å². The molecule has 0 bridgehead atoms. The summed E-state index contributed by atoms with van der Waals surface area (Å²) in [5, 5.41) is 11.3. The lowest BCUT2D eigenvalue weighted by molar-refractivity contribution is 0.322. The van der Waals surface area contributed by atoms with Gasteiger partial charge in [-0.25, -0.2) is 4.98 Å². The summed E-state index contributed by atoms with van der Waals surface area (Å²) in [5.74, 6) is 0.961. The van der Waals surface area contributed by atoms with Crippen LogP contribution in [0.2, 0.25) is 0 Å². The molecule has 0 aliphatic rings. The first-order valence-corrected chi connectivity index (χ1v) is 4.54. The van der Waals surface area contributed by atoms with Crippen LogP contribution in [-0.2, 0) is 0 Å². The van der Waals surface area contributed by atoms with Gasteiger partial charge < -0.3 is 10.1 Å². The summed E-state index contributed by atoms with van der Waals surface area (Å²) in [4.78, 5) is 6.36. The molecule has 0 fully saturated rings. The van der Waals surface area contributed by atoms with Crippen molar-refractivity contribution in [1.29, 1.82) is 0 Å². The first kappa shape index (κ1) is 10.5. The van der Waals surface area contributed by atoms with Crippen molar-refractivity contribution in [1.82, 2.24) is 4.98 Å². The Bertz CT molecular complexity index is 336. The Labute approximate surface area is 83.9 Å². The first-order valence-electron chi connectivity index (χ1n) is 4.54. The number of rotatable bonds is 3. The van der Waals surface area contributed by atoms with Crippen LogP contribution >= 0.6 is 0 Å². The Hall–Kier alpha value is -1.58. The van der Waals surface area contributed by atoms with Crippen LogP contribution in [0.3, 0.4) is 0 Å². The second-order valence-electron chi connectivity index (χ2n) is 3.17. The maximum atomic E-state index is 8.37. The van der Waals surface area contributed by atoms with Crippen molar-refractivity contribution in [2.24, 2.45) is 5.16 Å². The van der Waals surface area contributed by atoms with Gasteiger partial charge in [0.2, 0.25) is 0 Å². The Kier molecular flexibility index (Phi) is 3.45. The molecule has 1 aromatic heterocycles. The molecule has 0 saturated carbocycles. The molecule has 0 aliphatic heterocycles. The molecule has 0 unspecified atom stereocenters. The van der Waals surface area contributed by atoms with Crippen LogP contribution < -0.4 is 4.90 Å². The van der Waals surface area contributed by atoms with E-state index in [9.17, 15) is 0 Å². The SMILES string of the molecule is CCN(C)c1ncc(C=NO)cc1C. The van der Waals surface area contributed by atoms with Crippen LogP contribution in [0.1, 0.15) is 18.1 Å². The van der Waals surface area contributed by atoms with Gasteiger partial charge in [-0.15, -0.1) is 0 Å². The van der Waals surface area contributed by atoms with Gasteiger partial charge in [0.15, 0.2) is 0 Å². The lowest BCUT2D eigenvalue weighted by Gasteiger charge is -2.17. The highest BCUT2D eigenvalue weighted by Crippen LogP contribution is 2.15. The first-order chi connectivity index (χ1) is 6.69. The molecular formula is C10H15N3O. The van der Waals surface area contributed by atoms with Crippen LogP contribution in [0.15, 0.2) is 17.4 Å². The second kappa shape index (κ2) is 4.60. The van der Waals surface area contributed by atoms with Crippen molar-refractivity contribution >= 4 is 12.0 Å². The number of hydrogen-bond acceptors (Lipinski definition) is 4. The number of aryl methyl sites for hydroxylation is 1. The number of pyridine rings is 1. The van der Waals surface area contributed by atoms with E-state index in [-0.39, 0.29) is 0 Å². The van der Waals surface area contributed by atoms with Gasteiger partial charge in [-0.3, -0.25) is 0 Å². The topological polar surface area (TPSA) is 48.7 Å². The van der Waals surface area contributed by atoms with Crippen LogP contribution in [0.5, 0.6) is 0 Å². The Morgan fingerprint density at radius 2 is 2.36 bits per heavy atom. The van der Waals surface area contributed by atoms with E-state index in [0.29, 0.717) is 0 Å². The maximum absolute atomic E-state index is 8.37. The highest BCUT2D eigenvalue weighted by Gasteiger charge is 2.04. The summed E-state index contributed by atoms with van der Waals surface area (Å²) < 4.78 is 0. The monoisotopic (exact) mass is 193 g/mol. The highest BCUT2D eigenvalue weighted by molar-refractivity contribution is 5.79. The average Bonchev–Trinajstić information content (AvgIpc) is 2.17. The van der Waals surface area contributed by atoms with Gasteiger partial charge in [0, 0.05) is 25.4 Å². The molecule has 0 amide bonds. The molecule has 0 saturated heterocycles. The predicted octanol–water partition coefficient (Wildman–Crippen LogP) is 1.65. The fourth-order valence-corrected chi connectivity index (χ4v) is 1.28. The van der Waals surface area contributed by atoms with Crippen molar-refractivity contribution < 1.29 is 5.21 Å². The van der Waals surface area contributed by atoms with E-state index < -0.39 is 0 Å². The number of anilines is 1. The number of aromatic nitrogens is 1. The fourth-order valence-electron chi connectivity index (χ4n) is 1.28. The molecule has 0 aromatic carbocycles. The third-order valence-electron chi connectivity index (χ3n) is 2.11. The van der Waals surface area contributed by atoms with E-state index in [1.54, 1.807) is 6.20 Å². The standard InChI is InChI=1S/C10H15N3O/c1-4-13(3)10-8(2)5-9(6-11-10)7-12-14/h5-7,14H,4H2,1-3H3. The minimum absolute atomic E-state index is 0.804. The quantitative estimate of drug-likeness (QED) is 0.451. The zero-order chi connectivity index (χ0) is 10.6. The smallest absolute Gasteiger partial charge is 0.131 e. The van der Waals surface area contributed by atoms with Gasteiger partial charge >= 0.3 is 0 Å². The van der Waals surface area contributed by atoms with Gasteiger partial charge in [0.05, 0.1) is 6.21 Å². The molecule has 1 N–H and O–H groups in total. The Morgan fingerprint density at radius 1 is 1.64 bits per heavy atom. The summed E-state index contributed by atoms with van der Waals surface area (Å²) in [7, 11) is 2.00. The summed E-state index contributed by atoms with van der Waals surface area (Å²) in [5.41, 5.74) is 1.88. The summed E-state index contributed by atoms with van der Waals surface area (Å²) in [6.45, 7) is 4.98. The molecule has 1 aromatic rings. The summed E-state index contributed by atoms with van der Waals surface area (Å²) >= 11 is 0. The van der Waals surface area contributed by atoms with E-state index in [1.165, 1.54) is 6.21 Å². The van der Waals surface area contributed by atoms with Crippen molar-refractivity contribution in [3.8, 4) is 0 Å². The van der Waals surface area contributed by atoms with Gasteiger partial charge in [-0.1, -0.05) is 5.16 Å². The van der Waals surface area contributed by atoms with Gasteiger partial charge in [-0.05, 0) is 25.5 Å². The summed E-state index contributed by atoms with van der Waals surface area (Å²) in [6, 6.07) is 1.94. The third kappa shape index (κ3) is 2.22. The van der Waals surface area contributed by atoms with Crippen LogP contribution in [0, 0.1) is 6.92 Å². The molecular weight excluding hydrogens is 178 g/mol. The van der Waals surface area contributed by atoms with E-state index >= 15 is 0 Å². The van der Waals surface area contributed by atoms with E-state index in [4.69, 9.17) is 5.21 Å². The third-order valence-corrected chi connectivity index (χ3v) is 2.11. The van der Waals surface area contributed by atoms with Gasteiger partial charge in [0.25, 0.3) is 0 Å². The molecule has 4 heteroatoms. The Morgan fingerprint density at radius 3 is 2.86 bits per heavy atom. The molecule has 4 nitrogen and oxygen atoms in total. The molecule has 0 atom stereocenters. The molecule has 76 valence electrons. The van der Waals surface area contributed by atoms with E-state index in [2.05, 4.69) is 22.0 Å². The lowest BCUT2D eigenvalue weighted by Crippen LogP contribution is -2.18. The normalized spacial score (nSPS) is 10.8. The van der Waals surface area contributed by atoms with E-state index in [0.717, 1.165) is 23.5 Å². The zero-order valence-corrected chi connectivity index (χ0v) is 8.73. The minimum Gasteiger partial charge on any atom is -0.411 e. The highest BCUT2D eigenvalue weighted by atomic mass is 16.4. The van der Waals surface area contributed by atoms with Crippen LogP contribution in [-0.4, -0.2) is 30.0 Å². The lowest BCUT2D eigenvalue weighted by atomic mass is 10.2. The number of nitrogens with zero attached hydrogens (tertiary/aromatic N) is 3. The van der Waals surface area contributed by atoms with Gasteiger partial charge in [0.1, 0.15) is 5.82 Å². The van der Waals surface area contributed by atoms with E-state index in [1.807, 2.05) is 20.0 Å². The number of oxime groups is 1. The van der Waals surface area contributed by atoms with Gasteiger partial charge in [-0.2, -0.15) is 0 Å². The second-order valence-corrected chi connectivity index (χ2v) is 3.17. The zero-order valence-electron chi connectivity index (χ0n) is 8.73. The molecule has 1 heterocycles. The molecule has 0 aliphatic carbocycles. The maximum Gasteiger partial charge on any atom is 0.131 e. The molecule has 0 spiro atoms. The average molecular weight is 193 g/mol. The van der Waals surface area contributed by atoms with Crippen molar-refractivity contribution in [3.63, 3.8) is 0 Å². The largest absolute Gasteiger partial charge is 0.411 e. The molecule has 0 radical (unpaired) electrons. The molecule has 1 rings (SSSR count). The van der Waals surface area contributed by atoms with Crippen LogP contribution in [0.4, 0.5) is 5.82 Å². The Balaban J connectivity index is 3.01. The number of hydrogen-bond donors (Lipinski definition) is 1.